The van der Waals surface area contributed by atoms with Crippen molar-refractivity contribution in [2.24, 2.45) is 4.99 Å². The fourth-order valence-electron chi connectivity index (χ4n) is 1.95. The lowest BCUT2D eigenvalue weighted by Gasteiger charge is -2.20. The Hall–Kier alpha value is -2.52. The van der Waals surface area contributed by atoms with Crippen molar-refractivity contribution in [1.29, 1.82) is 5.26 Å². The van der Waals surface area contributed by atoms with E-state index in [2.05, 4.69) is 10.3 Å². The van der Waals surface area contributed by atoms with Gasteiger partial charge in [-0.15, -0.1) is 0 Å². The highest BCUT2D eigenvalue weighted by atomic mass is 35.5. The number of carbonyl (C=O) groups excluding carboxylic acids is 1. The normalized spacial score (nSPS) is 14.3. The zero-order chi connectivity index (χ0) is 15.9. The van der Waals surface area contributed by atoms with E-state index < -0.39 is 5.97 Å². The molecule has 1 aromatic rings. The Morgan fingerprint density at radius 3 is 3.14 bits per heavy atom. The fourth-order valence-corrected chi connectivity index (χ4v) is 2.13. The van der Waals surface area contributed by atoms with Crippen LogP contribution in [-0.2, 0) is 9.53 Å². The average Bonchev–Trinajstić information content (AvgIpc) is 2.96. The molecule has 0 fully saturated rings. The number of carbonyl (C=O) groups is 1. The van der Waals surface area contributed by atoms with Crippen LogP contribution in [0.2, 0.25) is 5.02 Å². The Morgan fingerprint density at radius 1 is 1.64 bits per heavy atom. The number of nitrogens with zero attached hydrogens (tertiary/aromatic N) is 3. The van der Waals surface area contributed by atoms with Gasteiger partial charge >= 0.3 is 5.97 Å². The van der Waals surface area contributed by atoms with Gasteiger partial charge < -0.3 is 15.0 Å². The van der Waals surface area contributed by atoms with Gasteiger partial charge in [-0.2, -0.15) is 5.26 Å². The summed E-state index contributed by atoms with van der Waals surface area (Å²) in [5.74, 6) is -0.107. The molecule has 0 saturated heterocycles. The number of nitriles is 1. The van der Waals surface area contributed by atoms with Crippen molar-refractivity contribution >= 4 is 29.2 Å². The van der Waals surface area contributed by atoms with E-state index in [0.29, 0.717) is 24.1 Å². The highest BCUT2D eigenvalue weighted by Crippen LogP contribution is 2.21. The summed E-state index contributed by atoms with van der Waals surface area (Å²) in [5.41, 5.74) is 0.779. The molecule has 114 valence electrons. The Labute approximate surface area is 133 Å². The maximum atomic E-state index is 11.6. The molecular weight excluding hydrogens is 304 g/mol. The SMILES string of the molecule is CCOC(=O)/C(C#N)=C/NC1=NCCN1c1cccc(Cl)c1. The number of esters is 1. The highest BCUT2D eigenvalue weighted by Gasteiger charge is 2.19. The smallest absolute Gasteiger partial charge is 0.350 e. The van der Waals surface area contributed by atoms with Crippen LogP contribution in [0.3, 0.4) is 0 Å². The van der Waals surface area contributed by atoms with Gasteiger partial charge in [0.2, 0.25) is 5.96 Å². The Balaban J connectivity index is 2.12. The molecule has 0 spiro atoms. The van der Waals surface area contributed by atoms with Crippen molar-refractivity contribution in [1.82, 2.24) is 5.32 Å². The number of halogens is 1. The number of rotatable bonds is 4. The van der Waals surface area contributed by atoms with Crippen molar-refractivity contribution < 1.29 is 9.53 Å². The molecule has 0 saturated carbocycles. The standard InChI is InChI=1S/C15H15ClN4O2/c1-2-22-14(21)11(9-17)10-19-15-18-6-7-20(15)13-5-3-4-12(16)8-13/h3-5,8,10H,2,6-7H2,1H3,(H,18,19)/b11-10+. The Kier molecular flexibility index (Phi) is 5.39. The lowest BCUT2D eigenvalue weighted by Crippen LogP contribution is -2.36. The maximum absolute atomic E-state index is 11.6. The summed E-state index contributed by atoms with van der Waals surface area (Å²) < 4.78 is 4.80. The molecule has 0 atom stereocenters. The van der Waals surface area contributed by atoms with Crippen molar-refractivity contribution in [3.05, 3.63) is 41.1 Å². The second-order valence-electron chi connectivity index (χ2n) is 4.37. The predicted octanol–water partition coefficient (Wildman–Crippen LogP) is 2.08. The number of nitrogens with one attached hydrogen (secondary N) is 1. The minimum atomic E-state index is -0.662. The summed E-state index contributed by atoms with van der Waals surface area (Å²) in [5, 5.41) is 12.5. The van der Waals surface area contributed by atoms with Crippen LogP contribution in [0, 0.1) is 11.3 Å². The lowest BCUT2D eigenvalue weighted by molar-refractivity contribution is -0.138. The molecule has 1 aliphatic heterocycles. The number of hydrogen-bond donors (Lipinski definition) is 1. The number of ether oxygens (including phenoxy) is 1. The van der Waals surface area contributed by atoms with Crippen molar-refractivity contribution in [2.45, 2.75) is 6.92 Å². The molecule has 7 heteroatoms. The van der Waals surface area contributed by atoms with Crippen LogP contribution in [0.4, 0.5) is 5.69 Å². The largest absolute Gasteiger partial charge is 0.462 e. The van der Waals surface area contributed by atoms with E-state index in [1.807, 2.05) is 23.1 Å². The Morgan fingerprint density at radius 2 is 2.45 bits per heavy atom. The molecule has 0 aliphatic carbocycles. The molecule has 1 N–H and O–H groups in total. The monoisotopic (exact) mass is 318 g/mol. The summed E-state index contributed by atoms with van der Waals surface area (Å²) in [4.78, 5) is 17.8. The zero-order valence-electron chi connectivity index (χ0n) is 12.0. The van der Waals surface area contributed by atoms with Gasteiger partial charge in [-0.05, 0) is 25.1 Å². The molecular formula is C15H15ClN4O2. The Bertz CT molecular complexity index is 664. The molecule has 2 rings (SSSR count). The fraction of sp³-hybridized carbons (Fsp3) is 0.267. The predicted molar refractivity (Wildman–Crippen MR) is 84.6 cm³/mol. The van der Waals surface area contributed by atoms with Gasteiger partial charge in [-0.1, -0.05) is 17.7 Å². The molecule has 22 heavy (non-hydrogen) atoms. The van der Waals surface area contributed by atoms with Gasteiger partial charge in [0.1, 0.15) is 6.07 Å². The topological polar surface area (TPSA) is 77.7 Å². The van der Waals surface area contributed by atoms with E-state index in [9.17, 15) is 4.79 Å². The second-order valence-corrected chi connectivity index (χ2v) is 4.81. The van der Waals surface area contributed by atoms with Gasteiger partial charge in [0.15, 0.2) is 5.57 Å². The minimum absolute atomic E-state index is 0.109. The summed E-state index contributed by atoms with van der Waals surface area (Å²) >= 11 is 5.99. The van der Waals surface area contributed by atoms with Gasteiger partial charge in [0, 0.05) is 23.5 Å². The van der Waals surface area contributed by atoms with Crippen LogP contribution < -0.4 is 10.2 Å². The van der Waals surface area contributed by atoms with Gasteiger partial charge in [-0.3, -0.25) is 4.99 Å². The highest BCUT2D eigenvalue weighted by molar-refractivity contribution is 6.30. The van der Waals surface area contributed by atoms with Crippen LogP contribution in [-0.4, -0.2) is 31.6 Å². The summed E-state index contributed by atoms with van der Waals surface area (Å²) in [6, 6.07) is 9.18. The quantitative estimate of drug-likeness (QED) is 0.522. The number of aliphatic imine (C=N–C) groups is 1. The first kappa shape index (κ1) is 15.9. The zero-order valence-corrected chi connectivity index (χ0v) is 12.8. The number of guanidine groups is 1. The molecule has 1 heterocycles. The van der Waals surface area contributed by atoms with Crippen molar-refractivity contribution in [3.63, 3.8) is 0 Å². The summed E-state index contributed by atoms with van der Waals surface area (Å²) in [7, 11) is 0. The van der Waals surface area contributed by atoms with E-state index in [1.54, 1.807) is 19.1 Å². The first-order valence-corrected chi connectivity index (χ1v) is 7.15. The summed E-state index contributed by atoms with van der Waals surface area (Å²) in [6.45, 7) is 3.21. The van der Waals surface area contributed by atoms with Gasteiger partial charge in [0.05, 0.1) is 13.2 Å². The minimum Gasteiger partial charge on any atom is -0.462 e. The van der Waals surface area contributed by atoms with Crippen LogP contribution in [0.25, 0.3) is 0 Å². The van der Waals surface area contributed by atoms with E-state index in [1.165, 1.54) is 6.20 Å². The van der Waals surface area contributed by atoms with Crippen LogP contribution >= 0.6 is 11.6 Å². The molecule has 0 unspecified atom stereocenters. The van der Waals surface area contributed by atoms with Crippen LogP contribution in [0.1, 0.15) is 6.92 Å². The third-order valence-corrected chi connectivity index (χ3v) is 3.16. The second kappa shape index (κ2) is 7.48. The molecule has 0 radical (unpaired) electrons. The van der Waals surface area contributed by atoms with Crippen molar-refractivity contribution in [2.75, 3.05) is 24.6 Å². The molecule has 0 amide bonds. The third kappa shape index (κ3) is 3.77. The molecule has 0 aromatic heterocycles. The van der Waals surface area contributed by atoms with Crippen LogP contribution in [0.5, 0.6) is 0 Å². The average molecular weight is 319 g/mol. The molecule has 0 bridgehead atoms. The third-order valence-electron chi connectivity index (χ3n) is 2.92. The molecule has 6 nitrogen and oxygen atoms in total. The number of anilines is 1. The van der Waals surface area contributed by atoms with E-state index >= 15 is 0 Å². The van der Waals surface area contributed by atoms with E-state index in [0.717, 1.165) is 5.69 Å². The maximum Gasteiger partial charge on any atom is 0.350 e. The van der Waals surface area contributed by atoms with E-state index in [4.69, 9.17) is 21.6 Å². The number of hydrogen-bond acceptors (Lipinski definition) is 6. The molecule has 1 aliphatic rings. The first-order chi connectivity index (χ1) is 10.7. The van der Waals surface area contributed by atoms with Crippen LogP contribution in [0.15, 0.2) is 41.0 Å². The first-order valence-electron chi connectivity index (χ1n) is 6.77. The van der Waals surface area contributed by atoms with E-state index in [-0.39, 0.29) is 12.2 Å². The van der Waals surface area contributed by atoms with Crippen molar-refractivity contribution in [3.8, 4) is 6.07 Å². The lowest BCUT2D eigenvalue weighted by atomic mass is 10.3. The number of benzene rings is 1. The van der Waals surface area contributed by atoms with Gasteiger partial charge in [-0.25, -0.2) is 4.79 Å². The van der Waals surface area contributed by atoms with Gasteiger partial charge in [0.25, 0.3) is 0 Å². The summed E-state index contributed by atoms with van der Waals surface area (Å²) in [6.07, 6.45) is 1.31. The molecule has 1 aromatic carbocycles.